The lowest BCUT2D eigenvalue weighted by atomic mass is 9.99. The highest BCUT2D eigenvalue weighted by Gasteiger charge is 2.20. The molecule has 132 valence electrons. The van der Waals surface area contributed by atoms with E-state index in [1.807, 2.05) is 61.4 Å². The number of nitrogens with zero attached hydrogens (tertiary/aromatic N) is 3. The molecule has 0 radical (unpaired) electrons. The standard InChI is InChI=1S/C22H18N4O/c1-25-11-16(14-7-3-5-9-18(14)25)20-21(23-13-24-22(20)27)17-12-26(2)19-10-6-4-8-15(17)19/h3-13H,1-2H3,(H,23,24,27). The number of nitrogens with one attached hydrogen (secondary N) is 1. The van der Waals surface area contributed by atoms with Gasteiger partial charge in [0, 0.05) is 59.4 Å². The van der Waals surface area contributed by atoms with Crippen molar-refractivity contribution >= 4 is 21.8 Å². The molecule has 5 nitrogen and oxygen atoms in total. The molecule has 0 spiro atoms. The lowest BCUT2D eigenvalue weighted by Crippen LogP contribution is -2.11. The van der Waals surface area contributed by atoms with E-state index in [0.717, 1.165) is 32.9 Å². The van der Waals surface area contributed by atoms with E-state index < -0.39 is 0 Å². The second-order valence-corrected chi connectivity index (χ2v) is 6.80. The van der Waals surface area contributed by atoms with Crippen LogP contribution in [0.5, 0.6) is 0 Å². The molecule has 0 unspecified atom stereocenters. The molecule has 5 rings (SSSR count). The zero-order chi connectivity index (χ0) is 18.5. The normalized spacial score (nSPS) is 11.5. The Balaban J connectivity index is 1.89. The maximum absolute atomic E-state index is 12.9. The summed E-state index contributed by atoms with van der Waals surface area (Å²) in [6.45, 7) is 0. The van der Waals surface area contributed by atoms with Crippen LogP contribution in [-0.4, -0.2) is 19.1 Å². The van der Waals surface area contributed by atoms with E-state index in [9.17, 15) is 4.79 Å². The van der Waals surface area contributed by atoms with Crippen LogP contribution in [0.3, 0.4) is 0 Å². The van der Waals surface area contributed by atoms with Crippen LogP contribution in [-0.2, 0) is 14.1 Å². The number of hydrogen-bond acceptors (Lipinski definition) is 2. The fourth-order valence-electron chi connectivity index (χ4n) is 3.93. The summed E-state index contributed by atoms with van der Waals surface area (Å²) in [4.78, 5) is 20.2. The predicted octanol–water partition coefficient (Wildman–Crippen LogP) is 4.09. The Morgan fingerprint density at radius 3 is 2.04 bits per heavy atom. The highest BCUT2D eigenvalue weighted by atomic mass is 16.1. The van der Waals surface area contributed by atoms with Gasteiger partial charge < -0.3 is 14.1 Å². The highest BCUT2D eigenvalue weighted by molar-refractivity contribution is 6.03. The first-order chi connectivity index (χ1) is 13.1. The molecule has 3 aromatic heterocycles. The molecule has 2 aromatic carbocycles. The van der Waals surface area contributed by atoms with E-state index >= 15 is 0 Å². The second kappa shape index (κ2) is 5.71. The minimum absolute atomic E-state index is 0.135. The van der Waals surface area contributed by atoms with Crippen LogP contribution in [0.4, 0.5) is 0 Å². The Hall–Kier alpha value is -3.60. The maximum atomic E-state index is 12.9. The van der Waals surface area contributed by atoms with Crippen molar-refractivity contribution in [1.82, 2.24) is 19.1 Å². The molecule has 0 aliphatic rings. The minimum Gasteiger partial charge on any atom is -0.350 e. The van der Waals surface area contributed by atoms with Gasteiger partial charge in [-0.25, -0.2) is 4.98 Å². The van der Waals surface area contributed by atoms with Crippen LogP contribution in [0.15, 0.2) is 72.0 Å². The average molecular weight is 354 g/mol. The van der Waals surface area contributed by atoms with E-state index in [4.69, 9.17) is 0 Å². The van der Waals surface area contributed by atoms with Gasteiger partial charge in [-0.1, -0.05) is 36.4 Å². The molecule has 27 heavy (non-hydrogen) atoms. The summed E-state index contributed by atoms with van der Waals surface area (Å²) in [6.07, 6.45) is 5.53. The van der Waals surface area contributed by atoms with Gasteiger partial charge in [-0.15, -0.1) is 0 Å². The van der Waals surface area contributed by atoms with E-state index in [2.05, 4.69) is 32.7 Å². The number of aromatic nitrogens is 4. The molecule has 0 amide bonds. The quantitative estimate of drug-likeness (QED) is 0.519. The molecule has 1 N–H and O–H groups in total. The second-order valence-electron chi connectivity index (χ2n) is 6.80. The lowest BCUT2D eigenvalue weighted by Gasteiger charge is -2.06. The highest BCUT2D eigenvalue weighted by Crippen LogP contribution is 2.36. The van der Waals surface area contributed by atoms with Gasteiger partial charge in [-0.05, 0) is 12.1 Å². The Bertz CT molecular complexity index is 1370. The number of aromatic amines is 1. The summed E-state index contributed by atoms with van der Waals surface area (Å²) >= 11 is 0. The summed E-state index contributed by atoms with van der Waals surface area (Å²) in [6, 6.07) is 16.3. The molecule has 0 saturated carbocycles. The van der Waals surface area contributed by atoms with Gasteiger partial charge in [-0.2, -0.15) is 0 Å². The van der Waals surface area contributed by atoms with Crippen molar-refractivity contribution in [3.8, 4) is 22.4 Å². The zero-order valence-corrected chi connectivity index (χ0v) is 15.1. The number of para-hydroxylation sites is 2. The van der Waals surface area contributed by atoms with Gasteiger partial charge in [0.25, 0.3) is 5.56 Å². The SMILES string of the molecule is Cn1cc(-c2nc[nH]c(=O)c2-c2cn(C)c3ccccc23)c2ccccc21. The third-order valence-corrected chi connectivity index (χ3v) is 5.17. The van der Waals surface area contributed by atoms with Gasteiger partial charge in [0.2, 0.25) is 0 Å². The van der Waals surface area contributed by atoms with Crippen LogP contribution < -0.4 is 5.56 Å². The summed E-state index contributed by atoms with van der Waals surface area (Å²) < 4.78 is 4.12. The summed E-state index contributed by atoms with van der Waals surface area (Å²) in [7, 11) is 4.00. The van der Waals surface area contributed by atoms with E-state index in [1.165, 1.54) is 6.33 Å². The average Bonchev–Trinajstić information content (AvgIpc) is 3.20. The van der Waals surface area contributed by atoms with E-state index in [-0.39, 0.29) is 5.56 Å². The molecule has 0 aliphatic heterocycles. The predicted molar refractivity (Wildman–Crippen MR) is 109 cm³/mol. The molecule has 0 aliphatic carbocycles. The fraction of sp³-hybridized carbons (Fsp3) is 0.0909. The Kier molecular flexibility index (Phi) is 3.31. The topological polar surface area (TPSA) is 55.6 Å². The molecule has 0 fully saturated rings. The van der Waals surface area contributed by atoms with Crippen molar-refractivity contribution in [2.45, 2.75) is 0 Å². The van der Waals surface area contributed by atoms with Crippen LogP contribution in [0, 0.1) is 0 Å². The molecule has 5 heteroatoms. The molecule has 3 heterocycles. The van der Waals surface area contributed by atoms with Crippen molar-refractivity contribution in [2.75, 3.05) is 0 Å². The van der Waals surface area contributed by atoms with Gasteiger partial charge >= 0.3 is 0 Å². The maximum Gasteiger partial charge on any atom is 0.259 e. The first-order valence-corrected chi connectivity index (χ1v) is 8.81. The molecule has 0 saturated heterocycles. The summed E-state index contributed by atoms with van der Waals surface area (Å²) in [5, 5.41) is 2.12. The fourth-order valence-corrected chi connectivity index (χ4v) is 3.93. The number of benzene rings is 2. The first-order valence-electron chi connectivity index (χ1n) is 8.81. The van der Waals surface area contributed by atoms with Crippen molar-refractivity contribution in [3.63, 3.8) is 0 Å². The zero-order valence-electron chi connectivity index (χ0n) is 15.1. The Morgan fingerprint density at radius 2 is 1.37 bits per heavy atom. The van der Waals surface area contributed by atoms with Crippen molar-refractivity contribution < 1.29 is 0 Å². The Labute approximate surface area is 155 Å². The first kappa shape index (κ1) is 15.6. The van der Waals surface area contributed by atoms with E-state index in [0.29, 0.717) is 11.3 Å². The number of rotatable bonds is 2. The van der Waals surface area contributed by atoms with Gasteiger partial charge in [0.15, 0.2) is 0 Å². The van der Waals surface area contributed by atoms with Crippen LogP contribution in [0.2, 0.25) is 0 Å². The molecule has 0 bridgehead atoms. The van der Waals surface area contributed by atoms with Crippen LogP contribution >= 0.6 is 0 Å². The number of fused-ring (bicyclic) bond motifs is 2. The van der Waals surface area contributed by atoms with Gasteiger partial charge in [0.05, 0.1) is 17.6 Å². The molecular formula is C22H18N4O. The van der Waals surface area contributed by atoms with Crippen LogP contribution in [0.1, 0.15) is 0 Å². The van der Waals surface area contributed by atoms with Gasteiger partial charge in [-0.3, -0.25) is 4.79 Å². The summed E-state index contributed by atoms with van der Waals surface area (Å²) in [5.74, 6) is 0. The third kappa shape index (κ3) is 2.25. The largest absolute Gasteiger partial charge is 0.350 e. The molecule has 5 aromatic rings. The van der Waals surface area contributed by atoms with E-state index in [1.54, 1.807) is 0 Å². The molecule has 0 atom stereocenters. The summed E-state index contributed by atoms with van der Waals surface area (Å²) in [5.41, 5.74) is 5.22. The smallest absolute Gasteiger partial charge is 0.259 e. The third-order valence-electron chi connectivity index (χ3n) is 5.17. The minimum atomic E-state index is -0.135. The number of H-pyrrole nitrogens is 1. The lowest BCUT2D eigenvalue weighted by molar-refractivity contribution is 0.967. The van der Waals surface area contributed by atoms with Crippen molar-refractivity contribution in [2.24, 2.45) is 14.1 Å². The monoisotopic (exact) mass is 354 g/mol. The van der Waals surface area contributed by atoms with Crippen molar-refractivity contribution in [3.05, 3.63) is 77.6 Å². The Morgan fingerprint density at radius 1 is 0.815 bits per heavy atom. The molecular weight excluding hydrogens is 336 g/mol. The van der Waals surface area contributed by atoms with Crippen LogP contribution in [0.25, 0.3) is 44.2 Å². The van der Waals surface area contributed by atoms with Gasteiger partial charge in [0.1, 0.15) is 0 Å². The number of aryl methyl sites for hydroxylation is 2. The number of hydrogen-bond donors (Lipinski definition) is 1. The van der Waals surface area contributed by atoms with Crippen molar-refractivity contribution in [1.29, 1.82) is 0 Å².